The summed E-state index contributed by atoms with van der Waals surface area (Å²) in [6.07, 6.45) is 1.35. The number of aryl methyl sites for hydroxylation is 2. The molecule has 0 radical (unpaired) electrons. The largest absolute Gasteiger partial charge is 0.493 e. The average molecular weight is 660 g/mol. The van der Waals surface area contributed by atoms with Crippen molar-refractivity contribution in [1.82, 2.24) is 5.32 Å². The van der Waals surface area contributed by atoms with Gasteiger partial charge in [0.25, 0.3) is 17.7 Å². The third-order valence-corrected chi connectivity index (χ3v) is 6.97. The smallest absolute Gasteiger partial charge is 0.335 e. The first-order valence-electron chi connectivity index (χ1n) is 11.6. The molecule has 0 aliphatic carbocycles. The highest BCUT2D eigenvalue weighted by atomic mass is 127. The molecule has 0 saturated carbocycles. The number of methoxy groups -OCH3 is 1. The fraction of sp³-hybridized carbons (Fsp3) is 0.143. The lowest BCUT2D eigenvalue weighted by atomic mass is 10.1. The van der Waals surface area contributed by atoms with Crippen molar-refractivity contribution in [2.75, 3.05) is 23.9 Å². The molecule has 0 spiro atoms. The number of rotatable bonds is 7. The summed E-state index contributed by atoms with van der Waals surface area (Å²) < 4.78 is 11.8. The Balaban J connectivity index is 1.56. The van der Waals surface area contributed by atoms with Gasteiger partial charge in [-0.3, -0.25) is 19.7 Å². The lowest BCUT2D eigenvalue weighted by Gasteiger charge is -2.26. The van der Waals surface area contributed by atoms with E-state index in [-0.39, 0.29) is 23.8 Å². The van der Waals surface area contributed by atoms with Gasteiger partial charge >= 0.3 is 6.03 Å². The van der Waals surface area contributed by atoms with E-state index in [1.807, 2.05) is 41.6 Å². The number of hydrogen-bond donors (Lipinski definition) is 2. The predicted octanol–water partition coefficient (Wildman–Crippen LogP) is 5.25. The van der Waals surface area contributed by atoms with E-state index in [4.69, 9.17) is 21.1 Å². The summed E-state index contributed by atoms with van der Waals surface area (Å²) in [7, 11) is 1.43. The van der Waals surface area contributed by atoms with E-state index in [2.05, 4.69) is 10.6 Å². The van der Waals surface area contributed by atoms with Crippen LogP contribution in [0.1, 0.15) is 16.7 Å². The molecular formula is C28H23ClIN3O6. The fourth-order valence-corrected chi connectivity index (χ4v) is 4.67. The molecule has 39 heavy (non-hydrogen) atoms. The minimum Gasteiger partial charge on any atom is -0.493 e. The van der Waals surface area contributed by atoms with Crippen LogP contribution in [0.15, 0.2) is 60.2 Å². The van der Waals surface area contributed by atoms with Crippen molar-refractivity contribution in [2.45, 2.75) is 13.8 Å². The summed E-state index contributed by atoms with van der Waals surface area (Å²) in [6.45, 7) is 3.48. The standard InChI is InChI=1S/C28H23ClIN3O6/c1-15-4-7-18(8-5-15)31-24(34)14-39-25-22(30)11-17(12-23(25)38-3)10-20-26(35)32-28(37)33(27(20)36)19-9-6-16(2)21(29)13-19/h4-13H,14H2,1-3H3,(H,31,34)(H,32,35,37)/b20-10+. The number of amides is 5. The van der Waals surface area contributed by atoms with E-state index in [0.717, 1.165) is 16.0 Å². The zero-order valence-corrected chi connectivity index (χ0v) is 24.0. The first kappa shape index (κ1) is 28.1. The second-order valence-corrected chi connectivity index (χ2v) is 10.2. The molecule has 4 rings (SSSR count). The number of nitrogens with zero attached hydrogens (tertiary/aromatic N) is 1. The Morgan fingerprint density at radius 1 is 1.08 bits per heavy atom. The number of carbonyl (C=O) groups is 4. The van der Waals surface area contributed by atoms with E-state index in [0.29, 0.717) is 31.3 Å². The van der Waals surface area contributed by atoms with Gasteiger partial charge in [-0.15, -0.1) is 0 Å². The van der Waals surface area contributed by atoms with Crippen LogP contribution >= 0.6 is 34.2 Å². The molecule has 2 N–H and O–H groups in total. The summed E-state index contributed by atoms with van der Waals surface area (Å²) in [5.41, 5.74) is 2.91. The quantitative estimate of drug-likeness (QED) is 0.204. The second-order valence-electron chi connectivity index (χ2n) is 8.63. The van der Waals surface area contributed by atoms with Gasteiger partial charge in [0.1, 0.15) is 5.57 Å². The molecule has 1 saturated heterocycles. The highest BCUT2D eigenvalue weighted by Gasteiger charge is 2.37. The van der Waals surface area contributed by atoms with Crippen LogP contribution < -0.4 is 25.0 Å². The van der Waals surface area contributed by atoms with Crippen LogP contribution in [0.2, 0.25) is 5.02 Å². The first-order chi connectivity index (χ1) is 18.6. The maximum Gasteiger partial charge on any atom is 0.335 e. The van der Waals surface area contributed by atoms with Crippen molar-refractivity contribution in [1.29, 1.82) is 0 Å². The second kappa shape index (κ2) is 11.9. The molecule has 11 heteroatoms. The van der Waals surface area contributed by atoms with Crippen LogP contribution in [-0.2, 0) is 14.4 Å². The van der Waals surface area contributed by atoms with Crippen LogP contribution in [-0.4, -0.2) is 37.5 Å². The van der Waals surface area contributed by atoms with Crippen molar-refractivity contribution >= 4 is 75.4 Å². The van der Waals surface area contributed by atoms with Crippen LogP contribution in [0.25, 0.3) is 6.08 Å². The molecular weight excluding hydrogens is 637 g/mol. The first-order valence-corrected chi connectivity index (χ1v) is 13.1. The lowest BCUT2D eigenvalue weighted by Crippen LogP contribution is -2.54. The molecule has 1 fully saturated rings. The number of imide groups is 2. The Labute approximate surface area is 243 Å². The van der Waals surface area contributed by atoms with Gasteiger partial charge in [0.15, 0.2) is 18.1 Å². The molecule has 0 atom stereocenters. The average Bonchev–Trinajstić information content (AvgIpc) is 2.89. The molecule has 1 aliphatic rings. The predicted molar refractivity (Wildman–Crippen MR) is 156 cm³/mol. The van der Waals surface area contributed by atoms with Crippen molar-refractivity contribution < 1.29 is 28.7 Å². The van der Waals surface area contributed by atoms with Crippen molar-refractivity contribution in [2.24, 2.45) is 0 Å². The van der Waals surface area contributed by atoms with Crippen LogP contribution in [0.4, 0.5) is 16.2 Å². The number of ether oxygens (including phenoxy) is 2. The number of anilines is 2. The minimum atomic E-state index is -0.873. The van der Waals surface area contributed by atoms with E-state index in [1.165, 1.54) is 19.3 Å². The third kappa shape index (κ3) is 6.40. The summed E-state index contributed by atoms with van der Waals surface area (Å²) in [5, 5.41) is 5.32. The Kier molecular flexibility index (Phi) is 8.56. The number of carbonyl (C=O) groups excluding carboxylic acids is 4. The summed E-state index contributed by atoms with van der Waals surface area (Å²) in [4.78, 5) is 51.6. The van der Waals surface area contributed by atoms with Gasteiger partial charge in [0.2, 0.25) is 0 Å². The van der Waals surface area contributed by atoms with Gasteiger partial charge in [-0.25, -0.2) is 9.69 Å². The molecule has 200 valence electrons. The fourth-order valence-electron chi connectivity index (χ4n) is 3.71. The molecule has 3 aromatic carbocycles. The normalized spacial score (nSPS) is 14.3. The highest BCUT2D eigenvalue weighted by Crippen LogP contribution is 2.35. The van der Waals surface area contributed by atoms with Gasteiger partial charge in [0.05, 0.1) is 16.4 Å². The Bertz CT molecular complexity index is 1520. The van der Waals surface area contributed by atoms with E-state index >= 15 is 0 Å². The van der Waals surface area contributed by atoms with Gasteiger partial charge in [-0.05, 0) is 90.0 Å². The number of urea groups is 1. The number of halogens is 2. The van der Waals surface area contributed by atoms with Crippen LogP contribution in [0.3, 0.4) is 0 Å². The zero-order chi connectivity index (χ0) is 28.3. The molecule has 5 amide bonds. The maximum atomic E-state index is 13.2. The molecule has 3 aromatic rings. The number of hydrogen-bond acceptors (Lipinski definition) is 6. The van der Waals surface area contributed by atoms with Crippen LogP contribution in [0.5, 0.6) is 11.5 Å². The molecule has 0 unspecified atom stereocenters. The summed E-state index contributed by atoms with van der Waals surface area (Å²) in [6, 6.07) is 14.4. The SMILES string of the molecule is COc1cc(/C=C2\C(=O)NC(=O)N(c3ccc(C)c(Cl)c3)C2=O)cc(I)c1OCC(=O)Nc1ccc(C)cc1. The maximum absolute atomic E-state index is 13.2. The number of nitrogens with one attached hydrogen (secondary N) is 2. The minimum absolute atomic E-state index is 0.228. The lowest BCUT2D eigenvalue weighted by molar-refractivity contribution is -0.122. The molecule has 0 aromatic heterocycles. The van der Waals surface area contributed by atoms with Crippen molar-refractivity contribution in [3.63, 3.8) is 0 Å². The topological polar surface area (TPSA) is 114 Å². The zero-order valence-electron chi connectivity index (χ0n) is 21.1. The molecule has 0 bridgehead atoms. The highest BCUT2D eigenvalue weighted by molar-refractivity contribution is 14.1. The van der Waals surface area contributed by atoms with E-state index in [1.54, 1.807) is 43.3 Å². The van der Waals surface area contributed by atoms with Crippen molar-refractivity contribution in [3.05, 3.63) is 85.5 Å². The van der Waals surface area contributed by atoms with Gasteiger partial charge < -0.3 is 14.8 Å². The van der Waals surface area contributed by atoms with Gasteiger partial charge in [-0.2, -0.15) is 0 Å². The molecule has 9 nitrogen and oxygen atoms in total. The third-order valence-electron chi connectivity index (χ3n) is 5.76. The number of benzene rings is 3. The number of barbiturate groups is 1. The monoisotopic (exact) mass is 659 g/mol. The van der Waals surface area contributed by atoms with Gasteiger partial charge in [0, 0.05) is 10.7 Å². The van der Waals surface area contributed by atoms with E-state index in [9.17, 15) is 19.2 Å². The summed E-state index contributed by atoms with van der Waals surface area (Å²) >= 11 is 8.18. The van der Waals surface area contributed by atoms with Crippen LogP contribution in [0, 0.1) is 17.4 Å². The Morgan fingerprint density at radius 2 is 1.79 bits per heavy atom. The Morgan fingerprint density at radius 3 is 2.46 bits per heavy atom. The summed E-state index contributed by atoms with van der Waals surface area (Å²) in [5.74, 6) is -1.37. The van der Waals surface area contributed by atoms with Crippen molar-refractivity contribution in [3.8, 4) is 11.5 Å². The van der Waals surface area contributed by atoms with E-state index < -0.39 is 17.8 Å². The van der Waals surface area contributed by atoms with Gasteiger partial charge in [-0.1, -0.05) is 35.4 Å². The Hall–Kier alpha value is -3.90. The molecule has 1 heterocycles. The molecule has 1 aliphatic heterocycles.